The van der Waals surface area contributed by atoms with Crippen molar-refractivity contribution in [3.63, 3.8) is 0 Å². The van der Waals surface area contributed by atoms with Crippen molar-refractivity contribution in [3.8, 4) is 33.5 Å². The van der Waals surface area contributed by atoms with Crippen LogP contribution in [0.1, 0.15) is 64.3 Å². The standard InChI is InChI=1S/C48H59N9O5Si/c1-28(2)39(51-42(59)25-58)24-56-20-8-9-40(56)46-52-37-15-12-33-21-31(10-13-34(33)44(37)54-46)32-11-14-35(36(22-32)30-16-18-49-19-17-30)38-23-50-45(53-38)41-26-63(6,7)27-57(41)47(60)43(29(3)4)55-48(61)62-5/h10-19,21-23,28-29,39-41,43,58H,8-9,20,24-27H2,1-7H3,(H,50,53)(H,51,59)(H,52,54)(H,55,61)/t39-,40+,41+,43+/m1/s1. The molecule has 2 fully saturated rings. The molecular weight excluding hydrogens is 811 g/mol. The van der Waals surface area contributed by atoms with Crippen molar-refractivity contribution in [2.45, 2.75) is 83.8 Å². The SMILES string of the molecule is COC(=O)N[C@H](C(=O)N1C[Si](C)(C)C[C@H]1c1ncc(-c2ccc(-c3ccc4c(ccc5nc([C@@H]6CCCN6C[C@@H](NC(=O)CO)C(C)C)[nH]c54)c3)cc2-c2ccncc2)[nH]1)C(C)C. The van der Waals surface area contributed by atoms with Crippen molar-refractivity contribution >= 4 is 47.8 Å². The van der Waals surface area contributed by atoms with Crippen LogP contribution in [0.15, 0.2) is 79.3 Å². The molecule has 4 atom stereocenters. The van der Waals surface area contributed by atoms with Gasteiger partial charge in [0, 0.05) is 42.1 Å². The Hall–Kier alpha value is -5.90. The zero-order chi connectivity index (χ0) is 44.6. The van der Waals surface area contributed by atoms with Crippen LogP contribution in [0.25, 0.3) is 55.3 Å². The van der Waals surface area contributed by atoms with Crippen molar-refractivity contribution in [1.82, 2.24) is 45.4 Å². The average Bonchev–Trinajstić information content (AvgIpc) is 4.10. The number of aliphatic hydroxyl groups excluding tert-OH is 1. The first-order chi connectivity index (χ1) is 30.2. The van der Waals surface area contributed by atoms with E-state index in [0.717, 1.165) is 92.4 Å². The molecular formula is C48H59N9O5Si. The van der Waals surface area contributed by atoms with E-state index in [-0.39, 0.29) is 41.8 Å². The highest BCUT2D eigenvalue weighted by Crippen LogP contribution is 2.41. The maximum absolute atomic E-state index is 14.1. The molecule has 5 N–H and O–H groups in total. The third kappa shape index (κ3) is 9.13. The van der Waals surface area contributed by atoms with E-state index in [0.29, 0.717) is 12.7 Å². The highest BCUT2D eigenvalue weighted by Gasteiger charge is 2.46. The Morgan fingerprint density at radius 2 is 1.65 bits per heavy atom. The number of ether oxygens (including phenoxy) is 1. The topological polar surface area (TPSA) is 181 Å². The summed E-state index contributed by atoms with van der Waals surface area (Å²) in [6, 6.07) is 21.2. The second-order valence-corrected chi connectivity index (χ2v) is 23.7. The normalized spacial score (nSPS) is 18.7. The van der Waals surface area contributed by atoms with E-state index in [1.54, 1.807) is 12.4 Å². The van der Waals surface area contributed by atoms with E-state index >= 15 is 0 Å². The Labute approximate surface area is 369 Å². The van der Waals surface area contributed by atoms with Crippen molar-refractivity contribution in [2.75, 3.05) is 33.0 Å². The molecule has 3 aromatic carbocycles. The maximum atomic E-state index is 14.1. The first-order valence-electron chi connectivity index (χ1n) is 22.0. The number of benzene rings is 3. The predicted molar refractivity (Wildman–Crippen MR) is 248 cm³/mol. The van der Waals surface area contributed by atoms with Crippen molar-refractivity contribution in [2.24, 2.45) is 11.8 Å². The summed E-state index contributed by atoms with van der Waals surface area (Å²) < 4.78 is 4.86. The molecule has 3 aromatic heterocycles. The lowest BCUT2D eigenvalue weighted by molar-refractivity contribution is -0.135. The number of pyridine rings is 1. The molecule has 2 aliphatic rings. The Balaban J connectivity index is 1.09. The van der Waals surface area contributed by atoms with Gasteiger partial charge in [-0.3, -0.25) is 19.5 Å². The number of aliphatic hydroxyl groups is 1. The number of rotatable bonds is 13. The third-order valence-electron chi connectivity index (χ3n) is 12.8. The van der Waals surface area contributed by atoms with Gasteiger partial charge in [0.2, 0.25) is 11.8 Å². The van der Waals surface area contributed by atoms with E-state index < -0.39 is 26.8 Å². The quantitative estimate of drug-likeness (QED) is 0.0730. The van der Waals surface area contributed by atoms with Crippen LogP contribution in [0, 0.1) is 11.8 Å². The van der Waals surface area contributed by atoms with Crippen molar-refractivity contribution < 1.29 is 24.2 Å². The molecule has 0 bridgehead atoms. The molecule has 0 aliphatic carbocycles. The number of likely N-dealkylation sites (tertiary alicyclic amines) is 1. The lowest BCUT2D eigenvalue weighted by Gasteiger charge is -2.30. The molecule has 6 aromatic rings. The van der Waals surface area contributed by atoms with Gasteiger partial charge in [-0.25, -0.2) is 14.8 Å². The van der Waals surface area contributed by atoms with Crippen LogP contribution in [0.3, 0.4) is 0 Å². The Kier molecular flexibility index (Phi) is 12.5. The summed E-state index contributed by atoms with van der Waals surface area (Å²) in [6.07, 6.45) is 7.53. The first-order valence-corrected chi connectivity index (χ1v) is 25.5. The zero-order valence-electron chi connectivity index (χ0n) is 37.2. The lowest BCUT2D eigenvalue weighted by atomic mass is 9.93. The first kappa shape index (κ1) is 43.7. The predicted octanol–water partition coefficient (Wildman–Crippen LogP) is 7.62. The number of hydrogen-bond donors (Lipinski definition) is 5. The highest BCUT2D eigenvalue weighted by molar-refractivity contribution is 6.78. The monoisotopic (exact) mass is 869 g/mol. The van der Waals surface area contributed by atoms with Gasteiger partial charge in [-0.15, -0.1) is 0 Å². The Morgan fingerprint density at radius 1 is 0.889 bits per heavy atom. The van der Waals surface area contributed by atoms with Crippen LogP contribution in [-0.4, -0.2) is 111 Å². The summed E-state index contributed by atoms with van der Waals surface area (Å²) in [4.78, 5) is 64.4. The number of aromatic nitrogens is 5. The molecule has 3 amide bonds. The van der Waals surface area contributed by atoms with Crippen LogP contribution in [0.5, 0.6) is 0 Å². The number of nitrogens with one attached hydrogen (secondary N) is 4. The van der Waals surface area contributed by atoms with E-state index in [2.05, 4.69) is 106 Å². The second-order valence-electron chi connectivity index (χ2n) is 18.6. The van der Waals surface area contributed by atoms with Crippen LogP contribution in [0.4, 0.5) is 4.79 Å². The minimum Gasteiger partial charge on any atom is -0.453 e. The van der Waals surface area contributed by atoms with Gasteiger partial charge >= 0.3 is 6.09 Å². The number of alkyl carbamates (subject to hydrolysis) is 1. The van der Waals surface area contributed by atoms with E-state index in [1.807, 2.05) is 37.1 Å². The molecule has 15 heteroatoms. The minimum atomic E-state index is -1.81. The molecule has 330 valence electrons. The molecule has 0 spiro atoms. The molecule has 0 radical (unpaired) electrons. The summed E-state index contributed by atoms with van der Waals surface area (Å²) in [5.74, 6) is 1.28. The maximum Gasteiger partial charge on any atom is 0.407 e. The molecule has 14 nitrogen and oxygen atoms in total. The highest BCUT2D eigenvalue weighted by atomic mass is 28.3. The Morgan fingerprint density at radius 3 is 2.38 bits per heavy atom. The van der Waals surface area contributed by atoms with E-state index in [4.69, 9.17) is 14.7 Å². The van der Waals surface area contributed by atoms with Crippen LogP contribution in [-0.2, 0) is 14.3 Å². The molecule has 0 saturated carbocycles. The summed E-state index contributed by atoms with van der Waals surface area (Å²) in [7, 11) is -0.503. The zero-order valence-corrected chi connectivity index (χ0v) is 38.2. The molecule has 5 heterocycles. The summed E-state index contributed by atoms with van der Waals surface area (Å²) >= 11 is 0. The van der Waals surface area contributed by atoms with Gasteiger partial charge in [0.15, 0.2) is 0 Å². The number of carbonyl (C=O) groups is 3. The van der Waals surface area contributed by atoms with Gasteiger partial charge in [0.05, 0.1) is 50.2 Å². The van der Waals surface area contributed by atoms with E-state index in [1.165, 1.54) is 7.11 Å². The number of aromatic amines is 2. The number of methoxy groups -OCH3 is 1. The molecule has 63 heavy (non-hydrogen) atoms. The third-order valence-corrected chi connectivity index (χ3v) is 15.5. The van der Waals surface area contributed by atoms with Gasteiger partial charge in [0.25, 0.3) is 0 Å². The fraction of sp³-hybridized carbons (Fsp3) is 0.417. The second kappa shape index (κ2) is 18.1. The van der Waals surface area contributed by atoms with Gasteiger partial charge in [-0.05, 0) is 95.2 Å². The Bertz CT molecular complexity index is 2630. The number of nitrogens with zero attached hydrogens (tertiary/aromatic N) is 5. The minimum absolute atomic E-state index is 0.0741. The number of imidazole rings is 2. The molecule has 0 unspecified atom stereocenters. The largest absolute Gasteiger partial charge is 0.453 e. The fourth-order valence-corrected chi connectivity index (χ4v) is 12.3. The van der Waals surface area contributed by atoms with Crippen molar-refractivity contribution in [3.05, 3.63) is 90.9 Å². The average molecular weight is 870 g/mol. The number of hydrogen-bond acceptors (Lipinski definition) is 9. The van der Waals surface area contributed by atoms with Crippen molar-refractivity contribution in [1.29, 1.82) is 0 Å². The number of carbonyl (C=O) groups excluding carboxylic acids is 3. The summed E-state index contributed by atoms with van der Waals surface area (Å²) in [5.41, 5.74) is 7.93. The van der Waals surface area contributed by atoms with Gasteiger partial charge in [0.1, 0.15) is 24.3 Å². The molecule has 2 saturated heterocycles. The molecule has 2 aliphatic heterocycles. The summed E-state index contributed by atoms with van der Waals surface area (Å²) in [6.45, 7) is 13.7. The fourth-order valence-electron chi connectivity index (χ4n) is 9.44. The smallest absolute Gasteiger partial charge is 0.407 e. The number of amides is 3. The molecule has 8 rings (SSSR count). The number of H-pyrrole nitrogens is 2. The van der Waals surface area contributed by atoms with Crippen LogP contribution < -0.4 is 10.6 Å². The number of fused-ring (bicyclic) bond motifs is 3. The summed E-state index contributed by atoms with van der Waals surface area (Å²) in [5, 5.41) is 17.3. The van der Waals surface area contributed by atoms with E-state index in [9.17, 15) is 19.5 Å². The van der Waals surface area contributed by atoms with Gasteiger partial charge in [-0.1, -0.05) is 71.1 Å². The van der Waals surface area contributed by atoms with Gasteiger partial charge < -0.3 is 35.3 Å². The van der Waals surface area contributed by atoms with Crippen LogP contribution >= 0.6 is 0 Å². The lowest BCUT2D eigenvalue weighted by Crippen LogP contribution is -2.52. The van der Waals surface area contributed by atoms with Crippen LogP contribution in [0.2, 0.25) is 19.1 Å². The van der Waals surface area contributed by atoms with Gasteiger partial charge in [-0.2, -0.15) is 0 Å².